The molecule has 1 atom stereocenters. The zero-order valence-electron chi connectivity index (χ0n) is 47.0. The predicted octanol–water partition coefficient (Wildman–Crippen LogP) is 20.0. The first kappa shape index (κ1) is 51.8. The van der Waals surface area contributed by atoms with Gasteiger partial charge < -0.3 is 0 Å². The molecule has 1 unspecified atom stereocenters. The topological polar surface area (TPSA) is 0 Å². The molecule has 0 fully saturated rings. The summed E-state index contributed by atoms with van der Waals surface area (Å²) in [6.45, 7) is 9.79. The molecule has 392 valence electrons. The maximum absolute atomic E-state index is 4.03. The minimum atomic E-state index is -4.03. The van der Waals surface area contributed by atoms with Gasteiger partial charge >= 0.3 is 0 Å². The van der Waals surface area contributed by atoms with Crippen LogP contribution in [0.3, 0.4) is 0 Å². The lowest BCUT2D eigenvalue weighted by molar-refractivity contribution is 0.852. The molecule has 0 amide bonds. The molecule has 0 heterocycles. The molecule has 0 aliphatic heterocycles. The Morgan fingerprint density at radius 2 is 0.451 bits per heavy atom. The molecule has 82 heavy (non-hydrogen) atoms. The molecule has 0 spiro atoms. The highest BCUT2D eigenvalue weighted by atomic mass is 28.3. The van der Waals surface area contributed by atoms with Crippen LogP contribution < -0.4 is 15.6 Å². The van der Waals surface area contributed by atoms with Crippen LogP contribution in [-0.4, -0.2) is 8.07 Å². The van der Waals surface area contributed by atoms with E-state index >= 15 is 0 Å². The smallest absolute Gasteiger partial charge is 0.0636 e. The van der Waals surface area contributed by atoms with Crippen LogP contribution in [-0.2, 0) is 0 Å². The molecule has 1 aliphatic carbocycles. The Bertz CT molecular complexity index is 3880. The van der Waals surface area contributed by atoms with Crippen molar-refractivity contribution in [3.63, 3.8) is 0 Å². The Balaban J connectivity index is 1.41. The Morgan fingerprint density at radius 1 is 0.232 bits per heavy atom. The van der Waals surface area contributed by atoms with Gasteiger partial charge in [-0.1, -0.05) is 314 Å². The lowest BCUT2D eigenvalue weighted by Gasteiger charge is -2.44. The van der Waals surface area contributed by atoms with E-state index in [0.717, 1.165) is 0 Å². The van der Waals surface area contributed by atoms with E-state index in [-0.39, 0.29) is 5.92 Å². The van der Waals surface area contributed by atoms with E-state index in [1.54, 1.807) is 0 Å². The van der Waals surface area contributed by atoms with Crippen molar-refractivity contribution < 1.29 is 0 Å². The van der Waals surface area contributed by atoms with Crippen molar-refractivity contribution in [2.24, 2.45) is 5.92 Å². The van der Waals surface area contributed by atoms with Crippen LogP contribution in [0.25, 0.3) is 100 Å². The Labute approximate surface area is 485 Å². The minimum Gasteiger partial charge on any atom is -0.0636 e. The van der Waals surface area contributed by atoms with Crippen molar-refractivity contribution in [1.82, 2.24) is 0 Å². The van der Waals surface area contributed by atoms with Gasteiger partial charge in [0.2, 0.25) is 0 Å². The molecular formula is C81H64Si. The van der Waals surface area contributed by atoms with Crippen molar-refractivity contribution in [2.75, 3.05) is 0 Å². The van der Waals surface area contributed by atoms with Gasteiger partial charge in [-0.3, -0.25) is 0 Å². The maximum Gasteiger partial charge on any atom is 0.178 e. The Morgan fingerprint density at radius 3 is 0.671 bits per heavy atom. The molecule has 0 radical (unpaired) electrons. The van der Waals surface area contributed by atoms with Crippen LogP contribution in [0.15, 0.2) is 331 Å². The Hall–Kier alpha value is -9.66. The summed E-state index contributed by atoms with van der Waals surface area (Å²) in [4.78, 5) is 0. The van der Waals surface area contributed by atoms with Gasteiger partial charge in [0.05, 0.1) is 0 Å². The molecule has 13 rings (SSSR count). The first-order valence-electron chi connectivity index (χ1n) is 28.8. The fourth-order valence-corrected chi connectivity index (χ4v) is 19.8. The van der Waals surface area contributed by atoms with E-state index in [1.807, 2.05) is 0 Å². The largest absolute Gasteiger partial charge is 0.178 e. The van der Waals surface area contributed by atoms with Gasteiger partial charge in [-0.2, -0.15) is 0 Å². The first-order valence-corrected chi connectivity index (χ1v) is 30.8. The van der Waals surface area contributed by atoms with E-state index in [0.29, 0.717) is 0 Å². The zero-order chi connectivity index (χ0) is 55.6. The normalized spacial score (nSPS) is 13.4. The summed E-state index contributed by atoms with van der Waals surface area (Å²) in [6.07, 6.45) is 0. The van der Waals surface area contributed by atoms with E-state index < -0.39 is 8.07 Å². The fraction of sp³-hybridized carbons (Fsp3) is 0.0617. The highest BCUT2D eigenvalue weighted by Gasteiger charge is 2.53. The monoisotopic (exact) mass is 1060 g/mol. The van der Waals surface area contributed by atoms with Crippen LogP contribution in [0.1, 0.15) is 27.7 Å². The molecule has 12 aromatic carbocycles. The van der Waals surface area contributed by atoms with Gasteiger partial charge in [0.1, 0.15) is 0 Å². The summed E-state index contributed by atoms with van der Waals surface area (Å²) < 4.78 is 0. The molecule has 0 nitrogen and oxygen atoms in total. The third-order valence-corrected chi connectivity index (χ3v) is 22.7. The number of hydrogen-bond donors (Lipinski definition) is 0. The average molecular weight is 1070 g/mol. The summed E-state index contributed by atoms with van der Waals surface area (Å²) in [5.74, 6) is 0.0595. The van der Waals surface area contributed by atoms with E-state index in [2.05, 4.69) is 337 Å². The SMILES string of the molecule is CC1=C(C)C(C)C([Si](c2cc(-c3ccccc3)cc(-c3ccccc3)c2-c2ccccc2)(c2cc(-c3ccccc3)cc(-c3ccccc3)c2-c2ccccc2)c2cc(-c3ccccc3)cc(-c3ccccc3)c2-c2ccccc2)=C1C. The molecule has 12 aromatic rings. The second kappa shape index (κ2) is 22.5. The van der Waals surface area contributed by atoms with E-state index in [4.69, 9.17) is 0 Å². The lowest BCUT2D eigenvalue weighted by atomic mass is 9.90. The van der Waals surface area contributed by atoms with Crippen molar-refractivity contribution in [1.29, 1.82) is 0 Å². The summed E-state index contributed by atoms with van der Waals surface area (Å²) >= 11 is 0. The van der Waals surface area contributed by atoms with Crippen molar-refractivity contribution >= 4 is 23.6 Å². The van der Waals surface area contributed by atoms with Crippen LogP contribution in [0.2, 0.25) is 0 Å². The maximum atomic E-state index is 2.67. The van der Waals surface area contributed by atoms with Crippen LogP contribution in [0.5, 0.6) is 0 Å². The summed E-state index contributed by atoms with van der Waals surface area (Å²) in [7, 11) is -4.03. The Kier molecular flexibility index (Phi) is 14.2. The van der Waals surface area contributed by atoms with Crippen molar-refractivity contribution in [3.05, 3.63) is 331 Å². The highest BCUT2D eigenvalue weighted by molar-refractivity contribution is 7.18. The molecule has 0 N–H and O–H groups in total. The molecular weight excluding hydrogens is 1000 g/mol. The van der Waals surface area contributed by atoms with Gasteiger partial charge in [0.15, 0.2) is 8.07 Å². The first-order chi connectivity index (χ1) is 40.4. The summed E-state index contributed by atoms with van der Waals surface area (Å²) in [6, 6.07) is 117. The van der Waals surface area contributed by atoms with Crippen LogP contribution >= 0.6 is 0 Å². The van der Waals surface area contributed by atoms with Crippen LogP contribution in [0, 0.1) is 5.92 Å². The lowest BCUT2D eigenvalue weighted by Crippen LogP contribution is -2.71. The number of hydrogen-bond acceptors (Lipinski definition) is 0. The highest BCUT2D eigenvalue weighted by Crippen LogP contribution is 2.49. The second-order valence-corrected chi connectivity index (χ2v) is 25.6. The third-order valence-electron chi connectivity index (χ3n) is 17.4. The van der Waals surface area contributed by atoms with Gasteiger partial charge in [-0.25, -0.2) is 0 Å². The van der Waals surface area contributed by atoms with Crippen LogP contribution in [0.4, 0.5) is 0 Å². The quantitative estimate of drug-likeness (QED) is 0.0797. The van der Waals surface area contributed by atoms with Gasteiger partial charge in [0, 0.05) is 0 Å². The number of rotatable bonds is 13. The van der Waals surface area contributed by atoms with Gasteiger partial charge in [0.25, 0.3) is 0 Å². The summed E-state index contributed by atoms with van der Waals surface area (Å²) in [5, 5.41) is 5.56. The zero-order valence-corrected chi connectivity index (χ0v) is 48.0. The molecule has 0 aromatic heterocycles. The van der Waals surface area contributed by atoms with Crippen molar-refractivity contribution in [2.45, 2.75) is 27.7 Å². The van der Waals surface area contributed by atoms with Crippen molar-refractivity contribution in [3.8, 4) is 100 Å². The third kappa shape index (κ3) is 9.33. The second-order valence-electron chi connectivity index (χ2n) is 22.0. The van der Waals surface area contributed by atoms with Gasteiger partial charge in [-0.05, 0) is 166 Å². The molecule has 0 bridgehead atoms. The van der Waals surface area contributed by atoms with Gasteiger partial charge in [-0.15, -0.1) is 0 Å². The number of allylic oxidation sites excluding steroid dienone is 4. The number of benzene rings is 12. The minimum absolute atomic E-state index is 0.0595. The molecule has 0 saturated carbocycles. The standard InChI is InChI=1S/C81H64Si/c1-56-57(2)59(4)81(58(56)3)82(75-53-69(60-32-14-5-15-33-60)50-72(63-38-20-8-21-39-63)78(75)66-44-26-11-27-45-66,76-54-70(61-34-16-6-17-35-61)51-73(64-40-22-9-23-41-64)79(76)67-46-28-12-29-47-67)77-55-71(62-36-18-7-19-37-62)52-74(65-42-24-10-25-43-65)80(77)68-48-30-13-31-49-68/h5-55,58H,1-4H3. The van der Waals surface area contributed by atoms with E-state index in [1.165, 1.54) is 138 Å². The molecule has 1 heteroatoms. The fourth-order valence-electron chi connectivity index (χ4n) is 13.3. The average Bonchev–Trinajstić information content (AvgIpc) is 1.30. The summed E-state index contributed by atoms with van der Waals surface area (Å²) in [5.41, 5.74) is 25.7. The predicted molar refractivity (Wildman–Crippen MR) is 353 cm³/mol. The molecule has 0 saturated heterocycles. The molecule has 1 aliphatic rings. The van der Waals surface area contributed by atoms with E-state index in [9.17, 15) is 0 Å².